The minimum absolute atomic E-state index is 0.0801. The number of rotatable bonds is 6. The van der Waals surface area contributed by atoms with Gasteiger partial charge in [0.1, 0.15) is 16.7 Å². The molecule has 3 aromatic carbocycles. The number of carbonyl (C=O) groups excluding carboxylic acids is 2. The minimum atomic E-state index is -0.512. The number of amides is 2. The van der Waals surface area contributed by atoms with Crippen LogP contribution in [0.5, 0.6) is 0 Å². The number of hydrogen-bond acceptors (Lipinski definition) is 4. The van der Waals surface area contributed by atoms with Gasteiger partial charge in [-0.2, -0.15) is 5.26 Å². The van der Waals surface area contributed by atoms with Crippen LogP contribution in [0.2, 0.25) is 5.02 Å². The van der Waals surface area contributed by atoms with Gasteiger partial charge < -0.3 is 5.32 Å². The van der Waals surface area contributed by atoms with Crippen molar-refractivity contribution in [1.82, 2.24) is 5.32 Å². The van der Waals surface area contributed by atoms with Crippen LogP contribution in [-0.4, -0.2) is 17.1 Å². The molecular formula is C27H22ClN3O2S. The van der Waals surface area contributed by atoms with Gasteiger partial charge in [0, 0.05) is 17.3 Å². The Hall–Kier alpha value is -3.53. The fourth-order valence-electron chi connectivity index (χ4n) is 3.66. The number of nitrogens with zero attached hydrogens (tertiary/aromatic N) is 2. The first-order valence-electron chi connectivity index (χ1n) is 10.7. The molecule has 0 spiro atoms. The molecule has 4 rings (SSSR count). The molecule has 0 aromatic heterocycles. The Bertz CT molecular complexity index is 1280. The Morgan fingerprint density at radius 1 is 1.06 bits per heavy atom. The van der Waals surface area contributed by atoms with Gasteiger partial charge in [-0.25, -0.2) is 0 Å². The maximum Gasteiger partial charge on any atom is 0.264 e. The molecule has 2 amide bonds. The molecule has 34 heavy (non-hydrogen) atoms. The van der Waals surface area contributed by atoms with Crippen molar-refractivity contribution in [2.75, 3.05) is 4.90 Å². The summed E-state index contributed by atoms with van der Waals surface area (Å²) in [5, 5.41) is 13.2. The van der Waals surface area contributed by atoms with Gasteiger partial charge in [0.25, 0.3) is 5.91 Å². The summed E-state index contributed by atoms with van der Waals surface area (Å²) in [4.78, 5) is 28.0. The molecular weight excluding hydrogens is 466 g/mol. The van der Waals surface area contributed by atoms with Crippen LogP contribution in [-0.2, 0) is 22.6 Å². The molecule has 1 aliphatic rings. The quantitative estimate of drug-likeness (QED) is 0.373. The van der Waals surface area contributed by atoms with Crippen molar-refractivity contribution in [3.05, 3.63) is 111 Å². The number of hydrogen-bond donors (Lipinski definition) is 1. The summed E-state index contributed by atoms with van der Waals surface area (Å²) in [5.41, 5.74) is 3.42. The number of benzene rings is 3. The van der Waals surface area contributed by atoms with Crippen LogP contribution in [0.25, 0.3) is 0 Å². The summed E-state index contributed by atoms with van der Waals surface area (Å²) in [5.74, 6) is -0.686. The Kier molecular flexibility index (Phi) is 7.36. The molecule has 0 bridgehead atoms. The van der Waals surface area contributed by atoms with E-state index in [0.717, 1.165) is 16.7 Å². The van der Waals surface area contributed by atoms with E-state index in [9.17, 15) is 14.9 Å². The van der Waals surface area contributed by atoms with E-state index in [1.165, 1.54) is 16.7 Å². The van der Waals surface area contributed by atoms with Crippen molar-refractivity contribution in [1.29, 1.82) is 5.26 Å². The lowest BCUT2D eigenvalue weighted by molar-refractivity contribution is -0.117. The van der Waals surface area contributed by atoms with E-state index in [0.29, 0.717) is 22.2 Å². The van der Waals surface area contributed by atoms with Gasteiger partial charge >= 0.3 is 0 Å². The van der Waals surface area contributed by atoms with Crippen molar-refractivity contribution in [2.45, 2.75) is 25.1 Å². The fraction of sp³-hybridized carbons (Fsp3) is 0.148. The van der Waals surface area contributed by atoms with E-state index < -0.39 is 11.2 Å². The first-order valence-corrected chi connectivity index (χ1v) is 12.0. The Morgan fingerprint density at radius 2 is 1.76 bits per heavy atom. The van der Waals surface area contributed by atoms with Gasteiger partial charge in [0.15, 0.2) is 0 Å². The molecule has 1 heterocycles. The third-order valence-electron chi connectivity index (χ3n) is 5.40. The molecule has 7 heteroatoms. The smallest absolute Gasteiger partial charge is 0.264 e. The highest BCUT2D eigenvalue weighted by atomic mass is 35.5. The van der Waals surface area contributed by atoms with Crippen molar-refractivity contribution in [3.63, 3.8) is 0 Å². The second-order valence-corrected chi connectivity index (χ2v) is 9.54. The third-order valence-corrected chi connectivity index (χ3v) is 6.90. The van der Waals surface area contributed by atoms with Gasteiger partial charge in [-0.3, -0.25) is 14.5 Å². The standard InChI is InChI=1S/C27H22ClN3O2S/c1-18-10-12-22(13-11-18)31-26(33)24(15-20-8-5-9-21(28)14-20)34-27(31)23(16-29)25(32)30-17-19-6-3-2-4-7-19/h2-14,24H,15,17H2,1H3,(H,30,32)/b27-23-. The van der Waals surface area contributed by atoms with Crippen molar-refractivity contribution in [2.24, 2.45) is 0 Å². The molecule has 1 N–H and O–H groups in total. The lowest BCUT2D eigenvalue weighted by Crippen LogP contribution is -2.32. The predicted molar refractivity (Wildman–Crippen MR) is 136 cm³/mol. The normalized spacial score (nSPS) is 16.8. The van der Waals surface area contributed by atoms with Crippen LogP contribution in [0.1, 0.15) is 16.7 Å². The van der Waals surface area contributed by atoms with Gasteiger partial charge in [-0.05, 0) is 48.7 Å². The summed E-state index contributed by atoms with van der Waals surface area (Å²) < 4.78 is 0. The number of carbonyl (C=O) groups is 2. The Balaban J connectivity index is 1.67. The zero-order valence-electron chi connectivity index (χ0n) is 18.5. The lowest BCUT2D eigenvalue weighted by atomic mass is 10.1. The summed E-state index contributed by atoms with van der Waals surface area (Å²) >= 11 is 7.37. The Morgan fingerprint density at radius 3 is 2.44 bits per heavy atom. The summed E-state index contributed by atoms with van der Waals surface area (Å²) in [6.07, 6.45) is 0.431. The van der Waals surface area contributed by atoms with Gasteiger partial charge in [0.2, 0.25) is 5.91 Å². The van der Waals surface area contributed by atoms with Crippen molar-refractivity contribution >= 4 is 40.9 Å². The monoisotopic (exact) mass is 487 g/mol. The number of thioether (sulfide) groups is 1. The van der Waals surface area contributed by atoms with E-state index in [2.05, 4.69) is 5.32 Å². The number of aryl methyl sites for hydroxylation is 1. The summed E-state index contributed by atoms with van der Waals surface area (Å²) in [7, 11) is 0. The second-order valence-electron chi connectivity index (χ2n) is 7.91. The second kappa shape index (κ2) is 10.6. The Labute approximate surface area is 208 Å². The molecule has 170 valence electrons. The third kappa shape index (κ3) is 5.33. The molecule has 1 fully saturated rings. The maximum atomic E-state index is 13.5. The SMILES string of the molecule is Cc1ccc(N2C(=O)C(Cc3cccc(Cl)c3)S/C2=C(/C#N)C(=O)NCc2ccccc2)cc1. The average molecular weight is 488 g/mol. The summed E-state index contributed by atoms with van der Waals surface area (Å²) in [6.45, 7) is 2.24. The largest absolute Gasteiger partial charge is 0.347 e. The van der Waals surface area contributed by atoms with E-state index in [1.54, 1.807) is 6.07 Å². The molecule has 1 aliphatic heterocycles. The molecule has 1 unspecified atom stereocenters. The average Bonchev–Trinajstić information content (AvgIpc) is 3.15. The van der Waals surface area contributed by atoms with E-state index in [-0.39, 0.29) is 18.0 Å². The topological polar surface area (TPSA) is 73.2 Å². The first-order chi connectivity index (χ1) is 16.5. The molecule has 3 aromatic rings. The van der Waals surface area contributed by atoms with Crippen LogP contribution >= 0.6 is 23.4 Å². The van der Waals surface area contributed by atoms with Gasteiger partial charge in [-0.15, -0.1) is 0 Å². The van der Waals surface area contributed by atoms with Crippen LogP contribution in [0.3, 0.4) is 0 Å². The highest BCUT2D eigenvalue weighted by molar-refractivity contribution is 8.05. The first kappa shape index (κ1) is 23.6. The summed E-state index contributed by atoms with van der Waals surface area (Å²) in [6, 6.07) is 26.3. The van der Waals surface area contributed by atoms with E-state index in [4.69, 9.17) is 11.6 Å². The number of anilines is 1. The van der Waals surface area contributed by atoms with Crippen molar-refractivity contribution in [3.8, 4) is 6.07 Å². The molecule has 1 atom stereocenters. The highest BCUT2D eigenvalue weighted by Gasteiger charge is 2.40. The van der Waals surface area contributed by atoms with Crippen LogP contribution in [0.4, 0.5) is 5.69 Å². The van der Waals surface area contributed by atoms with Crippen LogP contribution in [0.15, 0.2) is 89.5 Å². The van der Waals surface area contributed by atoms with Crippen LogP contribution < -0.4 is 10.2 Å². The van der Waals surface area contributed by atoms with Crippen molar-refractivity contribution < 1.29 is 9.59 Å². The zero-order valence-corrected chi connectivity index (χ0v) is 20.1. The van der Waals surface area contributed by atoms with Gasteiger partial charge in [0.05, 0.1) is 5.25 Å². The number of nitriles is 1. The molecule has 0 aliphatic carbocycles. The molecule has 0 radical (unpaired) electrons. The van der Waals surface area contributed by atoms with Crippen LogP contribution in [0, 0.1) is 18.3 Å². The molecule has 5 nitrogen and oxygen atoms in total. The zero-order chi connectivity index (χ0) is 24.1. The fourth-order valence-corrected chi connectivity index (χ4v) is 5.18. The number of nitrogens with one attached hydrogen (secondary N) is 1. The maximum absolute atomic E-state index is 13.5. The van der Waals surface area contributed by atoms with E-state index >= 15 is 0 Å². The molecule has 1 saturated heterocycles. The predicted octanol–water partition coefficient (Wildman–Crippen LogP) is 5.39. The van der Waals surface area contributed by atoms with Gasteiger partial charge in [-0.1, -0.05) is 83.5 Å². The lowest BCUT2D eigenvalue weighted by Gasteiger charge is -2.19. The minimum Gasteiger partial charge on any atom is -0.347 e. The molecule has 0 saturated carbocycles. The highest BCUT2D eigenvalue weighted by Crippen LogP contribution is 2.42. The van der Waals surface area contributed by atoms with E-state index in [1.807, 2.05) is 85.8 Å². The number of halogens is 1.